The summed E-state index contributed by atoms with van der Waals surface area (Å²) in [6, 6.07) is 4.23. The largest absolute Gasteiger partial charge is 0.365 e. The lowest BCUT2D eigenvalue weighted by atomic mass is 9.98. The first-order chi connectivity index (χ1) is 11.8. The number of aromatic nitrogens is 4. The first kappa shape index (κ1) is 15.1. The van der Waals surface area contributed by atoms with Crippen LogP contribution in [-0.2, 0) is 11.3 Å². The van der Waals surface area contributed by atoms with Gasteiger partial charge in [-0.05, 0) is 30.9 Å². The topological polar surface area (TPSA) is 75.9 Å². The van der Waals surface area contributed by atoms with Crippen molar-refractivity contribution in [3.05, 3.63) is 37.1 Å². The van der Waals surface area contributed by atoms with Crippen LogP contribution in [0.1, 0.15) is 19.3 Å². The van der Waals surface area contributed by atoms with Crippen molar-refractivity contribution >= 4 is 11.7 Å². The molecule has 0 bridgehead atoms. The lowest BCUT2D eigenvalue weighted by Gasteiger charge is -2.22. The number of hydrogen-bond acceptors (Lipinski definition) is 5. The Hall–Kier alpha value is -2.44. The maximum Gasteiger partial charge on any atom is 0.224 e. The van der Waals surface area contributed by atoms with E-state index in [2.05, 4.69) is 20.5 Å². The van der Waals surface area contributed by atoms with Gasteiger partial charge in [0.15, 0.2) is 0 Å². The first-order valence-corrected chi connectivity index (χ1v) is 8.57. The summed E-state index contributed by atoms with van der Waals surface area (Å²) >= 11 is 0. The number of nitrogens with one attached hydrogen (secondary N) is 1. The minimum absolute atomic E-state index is 0.247. The number of anilines is 1. The van der Waals surface area contributed by atoms with E-state index in [-0.39, 0.29) is 5.91 Å². The smallest absolute Gasteiger partial charge is 0.224 e. The molecule has 1 amide bonds. The van der Waals surface area contributed by atoms with E-state index in [0.717, 1.165) is 25.3 Å². The van der Waals surface area contributed by atoms with Crippen LogP contribution >= 0.6 is 0 Å². The summed E-state index contributed by atoms with van der Waals surface area (Å²) in [5.74, 6) is 2.20. The van der Waals surface area contributed by atoms with Gasteiger partial charge in [-0.25, -0.2) is 4.98 Å². The Morgan fingerprint density at radius 2 is 2.25 bits per heavy atom. The van der Waals surface area contributed by atoms with Crippen molar-refractivity contribution in [1.29, 1.82) is 0 Å². The predicted molar refractivity (Wildman–Crippen MR) is 89.1 cm³/mol. The van der Waals surface area contributed by atoms with Crippen LogP contribution in [0.3, 0.4) is 0 Å². The van der Waals surface area contributed by atoms with Crippen molar-refractivity contribution in [3.63, 3.8) is 0 Å². The summed E-state index contributed by atoms with van der Waals surface area (Å²) in [4.78, 5) is 18.5. The molecule has 3 atom stereocenters. The molecule has 1 aliphatic heterocycles. The quantitative estimate of drug-likeness (QED) is 0.899. The van der Waals surface area contributed by atoms with Crippen molar-refractivity contribution in [1.82, 2.24) is 24.6 Å². The molecule has 4 rings (SSSR count). The van der Waals surface area contributed by atoms with Crippen LogP contribution in [0.2, 0.25) is 0 Å². The van der Waals surface area contributed by atoms with E-state index in [9.17, 15) is 4.79 Å². The van der Waals surface area contributed by atoms with Gasteiger partial charge < -0.3 is 14.8 Å². The highest BCUT2D eigenvalue weighted by Crippen LogP contribution is 2.39. The summed E-state index contributed by atoms with van der Waals surface area (Å²) in [6.07, 6.45) is 9.93. The van der Waals surface area contributed by atoms with Crippen LogP contribution in [0.5, 0.6) is 0 Å². The van der Waals surface area contributed by atoms with E-state index >= 15 is 0 Å². The van der Waals surface area contributed by atoms with Crippen LogP contribution in [0.4, 0.5) is 5.82 Å². The van der Waals surface area contributed by atoms with Crippen LogP contribution in [0, 0.1) is 11.8 Å². The van der Waals surface area contributed by atoms with Crippen LogP contribution in [0.15, 0.2) is 37.1 Å². The fourth-order valence-corrected chi connectivity index (χ4v) is 4.02. The summed E-state index contributed by atoms with van der Waals surface area (Å²) in [6.45, 7) is 2.45. The molecule has 7 heteroatoms. The van der Waals surface area contributed by atoms with E-state index in [1.54, 1.807) is 18.7 Å². The molecule has 0 radical (unpaired) electrons. The Morgan fingerprint density at radius 3 is 3.04 bits per heavy atom. The van der Waals surface area contributed by atoms with Gasteiger partial charge in [-0.3, -0.25) is 4.79 Å². The molecule has 1 saturated carbocycles. The number of nitrogens with zero attached hydrogens (tertiary/aromatic N) is 5. The highest BCUT2D eigenvalue weighted by molar-refractivity contribution is 5.76. The Morgan fingerprint density at radius 1 is 1.29 bits per heavy atom. The van der Waals surface area contributed by atoms with Crippen LogP contribution in [0.25, 0.3) is 0 Å². The fraction of sp³-hybridized carbons (Fsp3) is 0.529. The standard InChI is InChI=1S/C17H22N6O/c24-17(5-8-22-9-7-18-12-22)23-10-13-3-4-15(14(13)11-23)20-16-2-1-6-19-21-16/h1-2,6-7,9,12-15H,3-5,8,10-11H2,(H,20,21)/t13-,14+,15-/m1/s1. The average Bonchev–Trinajstić information content (AvgIpc) is 3.32. The monoisotopic (exact) mass is 326 g/mol. The van der Waals surface area contributed by atoms with E-state index in [0.29, 0.717) is 30.8 Å². The molecule has 2 aromatic rings. The zero-order chi connectivity index (χ0) is 16.4. The second kappa shape index (κ2) is 6.59. The molecule has 7 nitrogen and oxygen atoms in total. The molecule has 24 heavy (non-hydrogen) atoms. The van der Waals surface area contributed by atoms with Crippen molar-refractivity contribution in [2.75, 3.05) is 18.4 Å². The number of fused-ring (bicyclic) bond motifs is 1. The highest BCUT2D eigenvalue weighted by atomic mass is 16.2. The molecule has 1 aliphatic carbocycles. The van der Waals surface area contributed by atoms with Gasteiger partial charge in [-0.2, -0.15) is 5.10 Å². The minimum Gasteiger partial charge on any atom is -0.365 e. The molecular formula is C17H22N6O. The molecule has 2 aromatic heterocycles. The Balaban J connectivity index is 1.32. The van der Waals surface area contributed by atoms with Gasteiger partial charge in [-0.1, -0.05) is 0 Å². The van der Waals surface area contributed by atoms with E-state index < -0.39 is 0 Å². The number of amides is 1. The summed E-state index contributed by atoms with van der Waals surface area (Å²) in [7, 11) is 0. The number of aryl methyl sites for hydroxylation is 1. The van der Waals surface area contributed by atoms with Crippen molar-refractivity contribution < 1.29 is 4.79 Å². The average molecular weight is 326 g/mol. The Bertz CT molecular complexity index is 674. The minimum atomic E-state index is 0.247. The Labute approximate surface area is 141 Å². The molecule has 2 aliphatic rings. The molecule has 126 valence electrons. The molecule has 0 spiro atoms. The van der Waals surface area contributed by atoms with Crippen LogP contribution < -0.4 is 5.32 Å². The lowest BCUT2D eigenvalue weighted by Crippen LogP contribution is -2.33. The van der Waals surface area contributed by atoms with Gasteiger partial charge in [0.1, 0.15) is 5.82 Å². The van der Waals surface area contributed by atoms with Crippen molar-refractivity contribution in [2.45, 2.75) is 31.8 Å². The van der Waals surface area contributed by atoms with Gasteiger partial charge in [0.2, 0.25) is 5.91 Å². The van der Waals surface area contributed by atoms with Crippen molar-refractivity contribution in [2.24, 2.45) is 11.8 Å². The lowest BCUT2D eigenvalue weighted by molar-refractivity contribution is -0.130. The second-order valence-corrected chi connectivity index (χ2v) is 6.71. The van der Waals surface area contributed by atoms with Gasteiger partial charge in [-0.15, -0.1) is 5.10 Å². The Kier molecular flexibility index (Phi) is 4.15. The van der Waals surface area contributed by atoms with E-state index in [1.807, 2.05) is 27.8 Å². The summed E-state index contributed by atoms with van der Waals surface area (Å²) in [5.41, 5.74) is 0. The van der Waals surface area contributed by atoms with Gasteiger partial charge in [0.25, 0.3) is 0 Å². The number of imidazole rings is 1. The second-order valence-electron chi connectivity index (χ2n) is 6.71. The number of hydrogen-bond donors (Lipinski definition) is 1. The molecule has 1 saturated heterocycles. The fourth-order valence-electron chi connectivity index (χ4n) is 4.02. The molecule has 2 fully saturated rings. The predicted octanol–water partition coefficient (Wildman–Crippen LogP) is 1.41. The third kappa shape index (κ3) is 3.11. The zero-order valence-electron chi connectivity index (χ0n) is 13.6. The zero-order valence-corrected chi connectivity index (χ0v) is 13.6. The number of carbonyl (C=O) groups excluding carboxylic acids is 1. The van der Waals surface area contributed by atoms with Gasteiger partial charge in [0.05, 0.1) is 6.33 Å². The maximum atomic E-state index is 12.5. The van der Waals surface area contributed by atoms with E-state index in [4.69, 9.17) is 0 Å². The molecule has 1 N–H and O–H groups in total. The normalized spacial score (nSPS) is 25.7. The van der Waals surface area contributed by atoms with E-state index in [1.165, 1.54) is 6.42 Å². The van der Waals surface area contributed by atoms with Gasteiger partial charge in [0, 0.05) is 56.6 Å². The van der Waals surface area contributed by atoms with Gasteiger partial charge >= 0.3 is 0 Å². The molecule has 0 aromatic carbocycles. The third-order valence-electron chi connectivity index (χ3n) is 5.26. The number of rotatable bonds is 5. The molecule has 3 heterocycles. The number of carbonyl (C=O) groups is 1. The molecule has 0 unspecified atom stereocenters. The summed E-state index contributed by atoms with van der Waals surface area (Å²) in [5, 5.41) is 11.5. The summed E-state index contributed by atoms with van der Waals surface area (Å²) < 4.78 is 1.95. The molecular weight excluding hydrogens is 304 g/mol. The van der Waals surface area contributed by atoms with Crippen LogP contribution in [-0.4, -0.2) is 49.7 Å². The maximum absolute atomic E-state index is 12.5. The third-order valence-corrected chi connectivity index (χ3v) is 5.26. The SMILES string of the molecule is O=C(CCn1ccnc1)N1C[C@H]2CC[C@@H](Nc3cccnn3)[C@H]2C1. The number of likely N-dealkylation sites (tertiary alicyclic amines) is 1. The van der Waals surface area contributed by atoms with Crippen molar-refractivity contribution in [3.8, 4) is 0 Å². The highest BCUT2D eigenvalue weighted by Gasteiger charge is 2.43. The first-order valence-electron chi connectivity index (χ1n) is 8.57.